The number of carbonyl (C=O) groups is 2. The molecule has 0 saturated carbocycles. The van der Waals surface area contributed by atoms with E-state index in [1.165, 1.54) is 0 Å². The van der Waals surface area contributed by atoms with Gasteiger partial charge in [-0.3, -0.25) is 4.79 Å². The molecule has 1 aliphatic heterocycles. The monoisotopic (exact) mass is 291 g/mol. The Morgan fingerprint density at radius 2 is 2.05 bits per heavy atom. The number of methoxy groups -OCH3 is 1. The maximum Gasteiger partial charge on any atom is 0.335 e. The van der Waals surface area contributed by atoms with Gasteiger partial charge in [-0.25, -0.2) is 4.79 Å². The van der Waals surface area contributed by atoms with Crippen molar-refractivity contribution in [3.63, 3.8) is 0 Å². The fourth-order valence-electron chi connectivity index (χ4n) is 2.72. The number of carboxylic acid groups (broad SMARTS) is 1. The number of benzene rings is 1. The van der Waals surface area contributed by atoms with Crippen LogP contribution in [0.5, 0.6) is 0 Å². The van der Waals surface area contributed by atoms with Crippen molar-refractivity contribution < 1.29 is 19.4 Å². The van der Waals surface area contributed by atoms with Crippen LogP contribution in [0.25, 0.3) is 0 Å². The quantitative estimate of drug-likeness (QED) is 0.902. The second-order valence-electron chi connectivity index (χ2n) is 5.35. The SMILES string of the molecule is COCCC(=O)N1CCCC(c2ccc(C(=O)O)cc2)C1. The number of piperidine rings is 1. The molecule has 21 heavy (non-hydrogen) atoms. The Bertz CT molecular complexity index is 498. The highest BCUT2D eigenvalue weighted by atomic mass is 16.5. The van der Waals surface area contributed by atoms with Gasteiger partial charge in [-0.15, -0.1) is 0 Å². The second kappa shape index (κ2) is 7.22. The Morgan fingerprint density at radius 3 is 2.67 bits per heavy atom. The highest BCUT2D eigenvalue weighted by Gasteiger charge is 2.24. The average molecular weight is 291 g/mol. The van der Waals surface area contributed by atoms with Crippen LogP contribution in [0.15, 0.2) is 24.3 Å². The molecule has 0 spiro atoms. The van der Waals surface area contributed by atoms with Gasteiger partial charge in [-0.1, -0.05) is 12.1 Å². The first-order valence-corrected chi connectivity index (χ1v) is 7.21. The summed E-state index contributed by atoms with van der Waals surface area (Å²) < 4.78 is 4.95. The van der Waals surface area contributed by atoms with Gasteiger partial charge < -0.3 is 14.7 Å². The third-order valence-corrected chi connectivity index (χ3v) is 3.92. The van der Waals surface area contributed by atoms with Gasteiger partial charge in [-0.05, 0) is 30.5 Å². The van der Waals surface area contributed by atoms with Gasteiger partial charge in [0.2, 0.25) is 5.91 Å². The lowest BCUT2D eigenvalue weighted by molar-refractivity contribution is -0.133. The number of carbonyl (C=O) groups excluding carboxylic acids is 1. The molecule has 0 aliphatic carbocycles. The second-order valence-corrected chi connectivity index (χ2v) is 5.35. The highest BCUT2D eigenvalue weighted by molar-refractivity contribution is 5.87. The van der Waals surface area contributed by atoms with Crippen LogP contribution in [0.2, 0.25) is 0 Å². The van der Waals surface area contributed by atoms with Crippen LogP contribution >= 0.6 is 0 Å². The molecule has 1 unspecified atom stereocenters. The van der Waals surface area contributed by atoms with Gasteiger partial charge in [0.05, 0.1) is 18.6 Å². The molecule has 1 amide bonds. The van der Waals surface area contributed by atoms with E-state index >= 15 is 0 Å². The third kappa shape index (κ3) is 4.04. The number of ether oxygens (including phenoxy) is 1. The summed E-state index contributed by atoms with van der Waals surface area (Å²) in [4.78, 5) is 24.8. The topological polar surface area (TPSA) is 66.8 Å². The van der Waals surface area contributed by atoms with Crippen molar-refractivity contribution >= 4 is 11.9 Å². The zero-order chi connectivity index (χ0) is 15.2. The lowest BCUT2D eigenvalue weighted by Crippen LogP contribution is -2.39. The van der Waals surface area contributed by atoms with E-state index in [0.29, 0.717) is 25.1 Å². The van der Waals surface area contributed by atoms with Gasteiger partial charge >= 0.3 is 5.97 Å². The fourth-order valence-corrected chi connectivity index (χ4v) is 2.72. The molecule has 5 nitrogen and oxygen atoms in total. The van der Waals surface area contributed by atoms with Crippen LogP contribution in [-0.2, 0) is 9.53 Å². The number of hydrogen-bond donors (Lipinski definition) is 1. The van der Waals surface area contributed by atoms with Crippen molar-refractivity contribution in [2.45, 2.75) is 25.2 Å². The number of nitrogens with zero attached hydrogens (tertiary/aromatic N) is 1. The van der Waals surface area contributed by atoms with Crippen molar-refractivity contribution in [1.82, 2.24) is 4.90 Å². The zero-order valence-corrected chi connectivity index (χ0v) is 12.2. The lowest BCUT2D eigenvalue weighted by Gasteiger charge is -2.33. The molecule has 0 radical (unpaired) electrons. The summed E-state index contributed by atoms with van der Waals surface area (Å²) >= 11 is 0. The molecule has 0 aromatic heterocycles. The predicted octanol–water partition coefficient (Wildman–Crippen LogP) is 2.13. The number of aromatic carboxylic acids is 1. The molecule has 1 saturated heterocycles. The molecule has 0 bridgehead atoms. The summed E-state index contributed by atoms with van der Waals surface area (Å²) in [5.41, 5.74) is 1.40. The van der Waals surface area contributed by atoms with E-state index in [4.69, 9.17) is 9.84 Å². The Morgan fingerprint density at radius 1 is 1.33 bits per heavy atom. The van der Waals surface area contributed by atoms with Crippen LogP contribution < -0.4 is 0 Å². The number of amides is 1. The summed E-state index contributed by atoms with van der Waals surface area (Å²) in [6.07, 6.45) is 2.42. The molecule has 1 aromatic carbocycles. The van der Waals surface area contributed by atoms with E-state index in [1.54, 1.807) is 19.2 Å². The van der Waals surface area contributed by atoms with Crippen molar-refractivity contribution in [2.24, 2.45) is 0 Å². The fraction of sp³-hybridized carbons (Fsp3) is 0.500. The first-order chi connectivity index (χ1) is 10.1. The predicted molar refractivity (Wildman–Crippen MR) is 78.4 cm³/mol. The van der Waals surface area contributed by atoms with Crippen molar-refractivity contribution in [2.75, 3.05) is 26.8 Å². The van der Waals surface area contributed by atoms with Gasteiger partial charge in [-0.2, -0.15) is 0 Å². The Balaban J connectivity index is 2.00. The van der Waals surface area contributed by atoms with Crippen LogP contribution in [0.3, 0.4) is 0 Å². The summed E-state index contributed by atoms with van der Waals surface area (Å²) in [6.45, 7) is 1.95. The summed E-state index contributed by atoms with van der Waals surface area (Å²) in [5.74, 6) is -0.502. The maximum absolute atomic E-state index is 12.0. The summed E-state index contributed by atoms with van der Waals surface area (Å²) in [5, 5.41) is 8.92. The molecule has 1 N–H and O–H groups in total. The van der Waals surface area contributed by atoms with Crippen LogP contribution in [0.1, 0.15) is 41.1 Å². The van der Waals surface area contributed by atoms with Crippen LogP contribution in [-0.4, -0.2) is 48.7 Å². The zero-order valence-electron chi connectivity index (χ0n) is 12.2. The summed E-state index contributed by atoms with van der Waals surface area (Å²) in [7, 11) is 1.59. The summed E-state index contributed by atoms with van der Waals surface area (Å²) in [6, 6.07) is 6.97. The molecular formula is C16H21NO4. The van der Waals surface area contributed by atoms with Gasteiger partial charge in [0.15, 0.2) is 0 Å². The van der Waals surface area contributed by atoms with E-state index < -0.39 is 5.97 Å². The first-order valence-electron chi connectivity index (χ1n) is 7.21. The van der Waals surface area contributed by atoms with E-state index in [-0.39, 0.29) is 11.8 Å². The van der Waals surface area contributed by atoms with Gasteiger partial charge in [0.25, 0.3) is 0 Å². The molecule has 2 rings (SSSR count). The molecule has 1 atom stereocenters. The first kappa shape index (κ1) is 15.5. The van der Waals surface area contributed by atoms with Crippen LogP contribution in [0.4, 0.5) is 0 Å². The van der Waals surface area contributed by atoms with Crippen molar-refractivity contribution in [1.29, 1.82) is 0 Å². The van der Waals surface area contributed by atoms with Gasteiger partial charge in [0.1, 0.15) is 0 Å². The number of likely N-dealkylation sites (tertiary alicyclic amines) is 1. The minimum absolute atomic E-state index is 0.128. The smallest absolute Gasteiger partial charge is 0.335 e. The standard InChI is InChI=1S/C16H21NO4/c1-21-10-8-15(18)17-9-2-3-14(11-17)12-4-6-13(7-5-12)16(19)20/h4-7,14H,2-3,8-11H2,1H3,(H,19,20). The largest absolute Gasteiger partial charge is 0.478 e. The lowest BCUT2D eigenvalue weighted by atomic mass is 9.90. The number of carboxylic acids is 1. The highest BCUT2D eigenvalue weighted by Crippen LogP contribution is 2.27. The minimum Gasteiger partial charge on any atom is -0.478 e. The van der Waals surface area contributed by atoms with Crippen molar-refractivity contribution in [3.05, 3.63) is 35.4 Å². The van der Waals surface area contributed by atoms with Crippen molar-refractivity contribution in [3.8, 4) is 0 Å². The maximum atomic E-state index is 12.0. The van der Waals surface area contributed by atoms with E-state index in [9.17, 15) is 9.59 Å². The molecular weight excluding hydrogens is 270 g/mol. The van der Waals surface area contributed by atoms with E-state index in [2.05, 4.69) is 0 Å². The Kier molecular flexibility index (Phi) is 5.33. The number of hydrogen-bond acceptors (Lipinski definition) is 3. The molecule has 5 heteroatoms. The Labute approximate surface area is 124 Å². The minimum atomic E-state index is -0.915. The van der Waals surface area contributed by atoms with Crippen LogP contribution in [0, 0.1) is 0 Å². The number of rotatable bonds is 5. The Hall–Kier alpha value is -1.88. The van der Waals surface area contributed by atoms with E-state index in [0.717, 1.165) is 24.9 Å². The van der Waals surface area contributed by atoms with Gasteiger partial charge in [0, 0.05) is 26.1 Å². The normalized spacial score (nSPS) is 18.5. The molecule has 1 aromatic rings. The van der Waals surface area contributed by atoms with E-state index in [1.807, 2.05) is 17.0 Å². The molecule has 1 heterocycles. The average Bonchev–Trinajstić information content (AvgIpc) is 2.52. The molecule has 1 fully saturated rings. The third-order valence-electron chi connectivity index (χ3n) is 3.92. The molecule has 1 aliphatic rings. The molecule has 114 valence electrons.